The van der Waals surface area contributed by atoms with E-state index in [9.17, 15) is 9.90 Å². The number of allylic oxidation sites excluding steroid dienone is 2. The summed E-state index contributed by atoms with van der Waals surface area (Å²) in [6, 6.07) is 0. The van der Waals surface area contributed by atoms with Gasteiger partial charge in [-0.3, -0.25) is 4.79 Å². The molecule has 0 aliphatic heterocycles. The molecule has 1 aliphatic carbocycles. The van der Waals surface area contributed by atoms with Crippen LogP contribution in [-0.4, -0.2) is 16.5 Å². The number of carbonyl (C=O) groups is 1. The van der Waals surface area contributed by atoms with E-state index < -0.39 is 0 Å². The van der Waals surface area contributed by atoms with Gasteiger partial charge in [0, 0.05) is 12.8 Å². The van der Waals surface area contributed by atoms with Gasteiger partial charge in [-0.05, 0) is 20.8 Å². The highest BCUT2D eigenvalue weighted by molar-refractivity contribution is 5.95. The molecule has 68 valence electrons. The van der Waals surface area contributed by atoms with E-state index >= 15 is 0 Å². The van der Waals surface area contributed by atoms with Crippen molar-refractivity contribution in [3.63, 3.8) is 0 Å². The Kier molecular flexibility index (Phi) is 2.13. The molecule has 0 aromatic carbocycles. The van der Waals surface area contributed by atoms with Crippen molar-refractivity contribution in [3.8, 4) is 0 Å². The predicted octanol–water partition coefficient (Wildman–Crippen LogP) is 1.93. The molecule has 0 atom stereocenters. The van der Waals surface area contributed by atoms with Crippen LogP contribution in [0.1, 0.15) is 33.6 Å². The molecule has 0 unspecified atom stereocenters. The molecule has 1 rings (SSSR count). The van der Waals surface area contributed by atoms with E-state index in [1.165, 1.54) is 0 Å². The molecule has 0 fully saturated rings. The largest absolute Gasteiger partial charge is 0.502 e. The zero-order chi connectivity index (χ0) is 9.35. The number of rotatable bonds is 1. The Morgan fingerprint density at radius 1 is 1.33 bits per heavy atom. The number of hydrogen-bond donors (Lipinski definition) is 1. The number of Topliss-reactive ketones (excluding diaryl/α,β-unsaturated/α-hetero) is 1. The molecule has 0 saturated carbocycles. The zero-order valence-corrected chi connectivity index (χ0v) is 7.68. The lowest BCUT2D eigenvalue weighted by Gasteiger charge is -2.21. The molecule has 3 heteroatoms. The second kappa shape index (κ2) is 2.81. The van der Waals surface area contributed by atoms with Gasteiger partial charge >= 0.3 is 0 Å². The smallest absolute Gasteiger partial charge is 0.201 e. The van der Waals surface area contributed by atoms with Gasteiger partial charge in [-0.15, -0.1) is 0 Å². The highest BCUT2D eigenvalue weighted by atomic mass is 16.5. The quantitative estimate of drug-likeness (QED) is 0.654. The van der Waals surface area contributed by atoms with Crippen LogP contribution < -0.4 is 0 Å². The maximum absolute atomic E-state index is 10.9. The number of ketones is 1. The van der Waals surface area contributed by atoms with Crippen molar-refractivity contribution in [2.24, 2.45) is 0 Å². The van der Waals surface area contributed by atoms with E-state index in [0.717, 1.165) is 0 Å². The predicted molar refractivity (Wildman–Crippen MR) is 44.7 cm³/mol. The third-order valence-corrected chi connectivity index (χ3v) is 1.54. The van der Waals surface area contributed by atoms with Gasteiger partial charge in [-0.2, -0.15) is 0 Å². The monoisotopic (exact) mass is 170 g/mol. The van der Waals surface area contributed by atoms with Crippen molar-refractivity contribution in [1.29, 1.82) is 0 Å². The van der Waals surface area contributed by atoms with E-state index in [1.54, 1.807) is 0 Å². The SMILES string of the molecule is CC(C)(C)OC1=C(O)C(=O)CC1. The van der Waals surface area contributed by atoms with Crippen molar-refractivity contribution < 1.29 is 14.6 Å². The average Bonchev–Trinajstić information content (AvgIpc) is 2.16. The average molecular weight is 170 g/mol. The number of ether oxygens (including phenoxy) is 1. The summed E-state index contributed by atoms with van der Waals surface area (Å²) in [6.07, 6.45) is 0.902. The Labute approximate surface area is 72.0 Å². The van der Waals surface area contributed by atoms with Crippen LogP contribution in [0.5, 0.6) is 0 Å². The fourth-order valence-corrected chi connectivity index (χ4v) is 1.09. The first-order valence-corrected chi connectivity index (χ1v) is 4.04. The Hall–Kier alpha value is -0.990. The first kappa shape index (κ1) is 9.10. The molecular weight excluding hydrogens is 156 g/mol. The Balaban J connectivity index is 2.71. The van der Waals surface area contributed by atoms with Crippen LogP contribution in [-0.2, 0) is 9.53 Å². The Bertz CT molecular complexity index is 233. The minimum absolute atomic E-state index is 0.190. The Morgan fingerprint density at radius 2 is 1.92 bits per heavy atom. The van der Waals surface area contributed by atoms with Crippen LogP contribution in [0.4, 0.5) is 0 Å². The van der Waals surface area contributed by atoms with Gasteiger partial charge in [0.05, 0.1) is 0 Å². The van der Waals surface area contributed by atoms with Crippen LogP contribution in [0.25, 0.3) is 0 Å². The number of aliphatic hydroxyl groups excluding tert-OH is 1. The summed E-state index contributed by atoms with van der Waals surface area (Å²) < 4.78 is 5.39. The van der Waals surface area contributed by atoms with Crippen molar-refractivity contribution in [1.82, 2.24) is 0 Å². The van der Waals surface area contributed by atoms with Crippen molar-refractivity contribution in [2.45, 2.75) is 39.2 Å². The van der Waals surface area contributed by atoms with E-state index in [-0.39, 0.29) is 17.1 Å². The molecule has 1 N–H and O–H groups in total. The van der Waals surface area contributed by atoms with Crippen LogP contribution in [0, 0.1) is 0 Å². The molecule has 12 heavy (non-hydrogen) atoms. The fraction of sp³-hybridized carbons (Fsp3) is 0.667. The van der Waals surface area contributed by atoms with Crippen LogP contribution in [0.3, 0.4) is 0 Å². The number of hydrogen-bond acceptors (Lipinski definition) is 3. The van der Waals surface area contributed by atoms with Gasteiger partial charge in [0.1, 0.15) is 11.4 Å². The summed E-state index contributed by atoms with van der Waals surface area (Å²) in [6.45, 7) is 5.65. The van der Waals surface area contributed by atoms with Gasteiger partial charge < -0.3 is 9.84 Å². The van der Waals surface area contributed by atoms with Gasteiger partial charge in [-0.25, -0.2) is 0 Å². The third-order valence-electron chi connectivity index (χ3n) is 1.54. The lowest BCUT2D eigenvalue weighted by atomic mass is 10.2. The zero-order valence-electron chi connectivity index (χ0n) is 7.68. The first-order valence-electron chi connectivity index (χ1n) is 4.04. The standard InChI is InChI=1S/C9H14O3/c1-9(2,3)12-7-5-4-6(10)8(7)11/h11H,4-5H2,1-3H3. The van der Waals surface area contributed by atoms with Crippen LogP contribution in [0.15, 0.2) is 11.5 Å². The van der Waals surface area contributed by atoms with Gasteiger partial charge in [0.2, 0.25) is 5.78 Å². The molecule has 0 saturated heterocycles. The van der Waals surface area contributed by atoms with Gasteiger partial charge in [0.25, 0.3) is 0 Å². The summed E-state index contributed by atoms with van der Waals surface area (Å²) in [5.74, 6) is 0.0340. The van der Waals surface area contributed by atoms with E-state index in [1.807, 2.05) is 20.8 Å². The maximum Gasteiger partial charge on any atom is 0.201 e. The van der Waals surface area contributed by atoms with Crippen molar-refractivity contribution in [2.75, 3.05) is 0 Å². The van der Waals surface area contributed by atoms with Crippen LogP contribution >= 0.6 is 0 Å². The fourth-order valence-electron chi connectivity index (χ4n) is 1.09. The summed E-state index contributed by atoms with van der Waals surface area (Å²) in [5.41, 5.74) is -0.339. The Morgan fingerprint density at radius 3 is 2.25 bits per heavy atom. The first-order chi connectivity index (χ1) is 5.40. The third kappa shape index (κ3) is 2.00. The maximum atomic E-state index is 10.9. The van der Waals surface area contributed by atoms with E-state index in [4.69, 9.17) is 4.74 Å². The summed E-state index contributed by atoms with van der Waals surface area (Å²) >= 11 is 0. The lowest BCUT2D eigenvalue weighted by Crippen LogP contribution is -2.18. The topological polar surface area (TPSA) is 46.5 Å². The van der Waals surface area contributed by atoms with Gasteiger partial charge in [-0.1, -0.05) is 0 Å². The molecule has 0 radical (unpaired) electrons. The van der Waals surface area contributed by atoms with Crippen molar-refractivity contribution in [3.05, 3.63) is 11.5 Å². The number of carbonyl (C=O) groups excluding carboxylic acids is 1. The molecular formula is C9H14O3. The molecule has 0 aromatic rings. The normalized spacial score (nSPS) is 18.8. The highest BCUT2D eigenvalue weighted by Gasteiger charge is 2.26. The van der Waals surface area contributed by atoms with E-state index in [2.05, 4.69) is 0 Å². The molecule has 0 bridgehead atoms. The molecule has 1 aliphatic rings. The summed E-state index contributed by atoms with van der Waals surface area (Å²) in [5, 5.41) is 9.23. The molecule has 0 heterocycles. The minimum Gasteiger partial charge on any atom is -0.502 e. The van der Waals surface area contributed by atoms with Crippen molar-refractivity contribution >= 4 is 5.78 Å². The minimum atomic E-state index is -0.339. The molecule has 0 amide bonds. The second-order valence-corrected chi connectivity index (χ2v) is 3.91. The number of aliphatic hydroxyl groups is 1. The summed E-state index contributed by atoms with van der Waals surface area (Å²) in [7, 11) is 0. The summed E-state index contributed by atoms with van der Waals surface area (Å²) in [4.78, 5) is 10.9. The lowest BCUT2D eigenvalue weighted by molar-refractivity contribution is -0.117. The molecule has 0 aromatic heterocycles. The van der Waals surface area contributed by atoms with E-state index in [0.29, 0.717) is 18.6 Å². The highest BCUT2D eigenvalue weighted by Crippen LogP contribution is 2.26. The molecule has 0 spiro atoms. The van der Waals surface area contributed by atoms with Gasteiger partial charge in [0.15, 0.2) is 5.76 Å². The second-order valence-electron chi connectivity index (χ2n) is 3.91. The molecule has 3 nitrogen and oxygen atoms in total. The van der Waals surface area contributed by atoms with Crippen LogP contribution in [0.2, 0.25) is 0 Å².